The van der Waals surface area contributed by atoms with E-state index >= 15 is 0 Å². The highest BCUT2D eigenvalue weighted by molar-refractivity contribution is 5.96. The number of hydrogen-bond acceptors (Lipinski definition) is 5. The molecule has 0 aliphatic carbocycles. The SMILES string of the molecule is COc1cccc(C(N)=O)c1OCC(=O)N1CCN([C@@H](C)c2ccccc2)CC1. The number of carbonyl (C=O) groups excluding carboxylic acids is 2. The van der Waals surface area contributed by atoms with Crippen LogP contribution in [-0.4, -0.2) is 61.5 Å². The third kappa shape index (κ3) is 4.86. The Labute approximate surface area is 171 Å². The zero-order chi connectivity index (χ0) is 20.8. The zero-order valence-corrected chi connectivity index (χ0v) is 16.8. The molecule has 1 aliphatic heterocycles. The van der Waals surface area contributed by atoms with Gasteiger partial charge in [0, 0.05) is 32.2 Å². The van der Waals surface area contributed by atoms with Gasteiger partial charge in [-0.15, -0.1) is 0 Å². The fourth-order valence-electron chi connectivity index (χ4n) is 3.55. The van der Waals surface area contributed by atoms with Gasteiger partial charge in [-0.05, 0) is 24.6 Å². The van der Waals surface area contributed by atoms with Crippen LogP contribution in [0.15, 0.2) is 48.5 Å². The summed E-state index contributed by atoms with van der Waals surface area (Å²) in [5.41, 5.74) is 6.87. The lowest BCUT2D eigenvalue weighted by atomic mass is 10.1. The van der Waals surface area contributed by atoms with Gasteiger partial charge in [-0.2, -0.15) is 0 Å². The van der Waals surface area contributed by atoms with Crippen molar-refractivity contribution in [2.75, 3.05) is 39.9 Å². The van der Waals surface area contributed by atoms with Crippen LogP contribution in [0.5, 0.6) is 11.5 Å². The first-order chi connectivity index (χ1) is 14.0. The number of primary amides is 1. The maximum Gasteiger partial charge on any atom is 0.260 e. The topological polar surface area (TPSA) is 85.1 Å². The molecule has 0 radical (unpaired) electrons. The van der Waals surface area contributed by atoms with Crippen LogP contribution in [0.2, 0.25) is 0 Å². The van der Waals surface area contributed by atoms with Crippen molar-refractivity contribution in [2.45, 2.75) is 13.0 Å². The van der Waals surface area contributed by atoms with Crippen LogP contribution in [0.1, 0.15) is 28.9 Å². The van der Waals surface area contributed by atoms with Crippen LogP contribution in [0, 0.1) is 0 Å². The minimum atomic E-state index is -0.630. The summed E-state index contributed by atoms with van der Waals surface area (Å²) in [6.45, 7) is 4.87. The highest BCUT2D eigenvalue weighted by Crippen LogP contribution is 2.31. The first-order valence-corrected chi connectivity index (χ1v) is 9.67. The zero-order valence-electron chi connectivity index (χ0n) is 16.8. The van der Waals surface area contributed by atoms with Crippen molar-refractivity contribution in [3.05, 3.63) is 59.7 Å². The Hall–Kier alpha value is -3.06. The normalized spacial score (nSPS) is 15.6. The fraction of sp³-hybridized carbons (Fsp3) is 0.364. The van der Waals surface area contributed by atoms with Crippen LogP contribution in [0.4, 0.5) is 0 Å². The van der Waals surface area contributed by atoms with Crippen LogP contribution < -0.4 is 15.2 Å². The summed E-state index contributed by atoms with van der Waals surface area (Å²) in [7, 11) is 1.47. The maximum absolute atomic E-state index is 12.6. The monoisotopic (exact) mass is 397 g/mol. The van der Waals surface area contributed by atoms with E-state index in [9.17, 15) is 9.59 Å². The lowest BCUT2D eigenvalue weighted by molar-refractivity contribution is -0.135. The molecular weight excluding hydrogens is 370 g/mol. The molecule has 3 rings (SSSR count). The van der Waals surface area contributed by atoms with Crippen LogP contribution in [0.3, 0.4) is 0 Å². The molecule has 2 N–H and O–H groups in total. The van der Waals surface area contributed by atoms with Crippen molar-refractivity contribution in [3.63, 3.8) is 0 Å². The van der Waals surface area contributed by atoms with Crippen LogP contribution >= 0.6 is 0 Å². The van der Waals surface area contributed by atoms with E-state index in [1.54, 1.807) is 23.1 Å². The highest BCUT2D eigenvalue weighted by Gasteiger charge is 2.25. The summed E-state index contributed by atoms with van der Waals surface area (Å²) in [5.74, 6) is -0.184. The molecule has 0 bridgehead atoms. The molecule has 2 aromatic carbocycles. The number of nitrogens with zero attached hydrogens (tertiary/aromatic N) is 2. The predicted molar refractivity (Wildman–Crippen MR) is 110 cm³/mol. The highest BCUT2D eigenvalue weighted by atomic mass is 16.5. The molecule has 0 aromatic heterocycles. The number of para-hydroxylation sites is 1. The molecule has 0 unspecified atom stereocenters. The van der Waals surface area contributed by atoms with Gasteiger partial charge in [0.05, 0.1) is 12.7 Å². The molecule has 0 spiro atoms. The molecule has 1 atom stereocenters. The number of amides is 2. The maximum atomic E-state index is 12.6. The largest absolute Gasteiger partial charge is 0.493 e. The average Bonchev–Trinajstić information content (AvgIpc) is 2.77. The lowest BCUT2D eigenvalue weighted by Gasteiger charge is -2.38. The minimum Gasteiger partial charge on any atom is -0.493 e. The Bertz CT molecular complexity index is 848. The summed E-state index contributed by atoms with van der Waals surface area (Å²) < 4.78 is 10.9. The van der Waals surface area contributed by atoms with Gasteiger partial charge in [0.2, 0.25) is 0 Å². The number of benzene rings is 2. The van der Waals surface area contributed by atoms with Crippen molar-refractivity contribution < 1.29 is 19.1 Å². The lowest BCUT2D eigenvalue weighted by Crippen LogP contribution is -2.50. The van der Waals surface area contributed by atoms with Gasteiger partial charge in [0.25, 0.3) is 11.8 Å². The van der Waals surface area contributed by atoms with Gasteiger partial charge in [-0.3, -0.25) is 14.5 Å². The number of nitrogens with two attached hydrogens (primary N) is 1. The van der Waals surface area contributed by atoms with E-state index in [1.807, 2.05) is 18.2 Å². The van der Waals surface area contributed by atoms with Crippen molar-refractivity contribution in [2.24, 2.45) is 5.73 Å². The molecule has 29 heavy (non-hydrogen) atoms. The van der Waals surface area contributed by atoms with E-state index in [0.29, 0.717) is 24.9 Å². The Morgan fingerprint density at radius 1 is 1.03 bits per heavy atom. The van der Waals surface area contributed by atoms with Gasteiger partial charge in [0.15, 0.2) is 18.1 Å². The van der Waals surface area contributed by atoms with E-state index < -0.39 is 5.91 Å². The quantitative estimate of drug-likeness (QED) is 0.773. The van der Waals surface area contributed by atoms with Crippen molar-refractivity contribution in [1.82, 2.24) is 9.80 Å². The molecule has 1 aliphatic rings. The van der Waals surface area contributed by atoms with Crippen LogP contribution in [0.25, 0.3) is 0 Å². The first-order valence-electron chi connectivity index (χ1n) is 9.67. The molecule has 0 saturated carbocycles. The first kappa shape index (κ1) is 20.7. The molecule has 7 nitrogen and oxygen atoms in total. The Kier molecular flexibility index (Phi) is 6.72. The Balaban J connectivity index is 1.56. The van der Waals surface area contributed by atoms with Gasteiger partial charge < -0.3 is 20.1 Å². The van der Waals surface area contributed by atoms with Crippen LogP contribution in [-0.2, 0) is 4.79 Å². The van der Waals surface area contributed by atoms with E-state index in [2.05, 4.69) is 24.0 Å². The third-order valence-electron chi connectivity index (χ3n) is 5.30. The second-order valence-corrected chi connectivity index (χ2v) is 6.99. The molecule has 2 amide bonds. The molecule has 1 fully saturated rings. The number of carbonyl (C=O) groups is 2. The van der Waals surface area contributed by atoms with Gasteiger partial charge >= 0.3 is 0 Å². The number of hydrogen-bond donors (Lipinski definition) is 1. The van der Waals surface area contributed by atoms with E-state index in [1.165, 1.54) is 12.7 Å². The number of ether oxygens (including phenoxy) is 2. The Morgan fingerprint density at radius 3 is 2.34 bits per heavy atom. The summed E-state index contributed by atoms with van der Waals surface area (Å²) in [6.07, 6.45) is 0. The standard InChI is InChI=1S/C22H27N3O4/c1-16(17-7-4-3-5-8-17)24-11-13-25(14-12-24)20(26)15-29-21-18(22(23)27)9-6-10-19(21)28-2/h3-10,16H,11-15H2,1-2H3,(H2,23,27)/t16-/m0/s1. The molecule has 2 aromatic rings. The van der Waals surface area contributed by atoms with Crippen molar-refractivity contribution in [1.29, 1.82) is 0 Å². The summed E-state index contributed by atoms with van der Waals surface area (Å²) in [5, 5.41) is 0. The average molecular weight is 397 g/mol. The molecule has 7 heteroatoms. The fourth-order valence-corrected chi connectivity index (χ4v) is 3.55. The van der Waals surface area contributed by atoms with Crippen molar-refractivity contribution >= 4 is 11.8 Å². The Morgan fingerprint density at radius 2 is 1.72 bits per heavy atom. The van der Waals surface area contributed by atoms with E-state index in [-0.39, 0.29) is 23.8 Å². The van der Waals surface area contributed by atoms with Crippen molar-refractivity contribution in [3.8, 4) is 11.5 Å². The second-order valence-electron chi connectivity index (χ2n) is 6.99. The second kappa shape index (κ2) is 9.43. The minimum absolute atomic E-state index is 0.127. The summed E-state index contributed by atoms with van der Waals surface area (Å²) in [4.78, 5) is 28.4. The molecular formula is C22H27N3O4. The summed E-state index contributed by atoms with van der Waals surface area (Å²) >= 11 is 0. The van der Waals surface area contributed by atoms with Gasteiger partial charge in [-0.1, -0.05) is 36.4 Å². The number of methoxy groups -OCH3 is 1. The molecule has 1 saturated heterocycles. The third-order valence-corrected chi connectivity index (χ3v) is 5.30. The van der Waals surface area contributed by atoms with E-state index in [0.717, 1.165) is 13.1 Å². The smallest absolute Gasteiger partial charge is 0.260 e. The molecule has 1 heterocycles. The van der Waals surface area contributed by atoms with Gasteiger partial charge in [-0.25, -0.2) is 0 Å². The summed E-state index contributed by atoms with van der Waals surface area (Å²) in [6, 6.07) is 15.5. The number of rotatable bonds is 7. The molecule has 154 valence electrons. The number of piperazine rings is 1. The predicted octanol–water partition coefficient (Wildman–Crippen LogP) is 2.08. The van der Waals surface area contributed by atoms with Gasteiger partial charge in [0.1, 0.15) is 0 Å². The van der Waals surface area contributed by atoms with E-state index in [4.69, 9.17) is 15.2 Å².